The van der Waals surface area contributed by atoms with Crippen LogP contribution in [-0.2, 0) is 14.8 Å². The number of halogens is 2. The van der Waals surface area contributed by atoms with Gasteiger partial charge in [-0.1, -0.05) is 58.6 Å². The van der Waals surface area contributed by atoms with Gasteiger partial charge >= 0.3 is 0 Å². The van der Waals surface area contributed by atoms with E-state index in [-0.39, 0.29) is 4.90 Å². The number of nitrogens with zero attached hydrogens (tertiary/aromatic N) is 3. The number of amides is 1. The Morgan fingerprint density at radius 3 is 2.18 bits per heavy atom. The zero-order chi connectivity index (χ0) is 28.3. The Hall–Kier alpha value is -3.59. The molecule has 1 N–H and O–H groups in total. The molecular weight excluding hydrogens is 555 g/mol. The predicted octanol–water partition coefficient (Wildman–Crippen LogP) is 6.36. The summed E-state index contributed by atoms with van der Waals surface area (Å²) in [4.78, 5) is 13.0. The van der Waals surface area contributed by atoms with Crippen molar-refractivity contribution < 1.29 is 13.2 Å². The molecule has 10 heteroatoms. The molecule has 0 saturated carbocycles. The first-order valence-electron chi connectivity index (χ1n) is 12.1. The van der Waals surface area contributed by atoms with Crippen molar-refractivity contribution in [1.29, 1.82) is 0 Å². The van der Waals surface area contributed by atoms with Crippen LogP contribution in [0.15, 0.2) is 82.8 Å². The molecule has 0 spiro atoms. The zero-order valence-corrected chi connectivity index (χ0v) is 24.3. The first-order valence-corrected chi connectivity index (χ1v) is 14.3. The fourth-order valence-corrected chi connectivity index (χ4v) is 5.94. The van der Waals surface area contributed by atoms with E-state index in [4.69, 9.17) is 23.2 Å². The van der Waals surface area contributed by atoms with E-state index in [0.29, 0.717) is 15.7 Å². The highest BCUT2D eigenvalue weighted by Crippen LogP contribution is 2.29. The van der Waals surface area contributed by atoms with E-state index in [9.17, 15) is 13.2 Å². The maximum atomic E-state index is 13.5. The van der Waals surface area contributed by atoms with Gasteiger partial charge < -0.3 is 4.57 Å². The molecule has 0 bridgehead atoms. The standard InChI is InChI=1S/C29H28Cl2N4O3S/c1-19-5-10-25(11-6-19)34(39(37,38)26-12-7-20(2)8-13-26)18-29(36)33-32-17-23-15-21(3)35(22(23)4)28-16-24(30)9-14-27(28)31/h5-17H,18H2,1-4H3,(H,33,36)/b32-17-. The number of aromatic nitrogens is 1. The number of nitrogens with one attached hydrogen (secondary N) is 1. The van der Waals surface area contributed by atoms with E-state index in [1.165, 1.54) is 18.3 Å². The minimum Gasteiger partial charge on any atom is -0.316 e. The Kier molecular flexibility index (Phi) is 8.49. The van der Waals surface area contributed by atoms with E-state index in [1.807, 2.05) is 38.3 Å². The van der Waals surface area contributed by atoms with Gasteiger partial charge in [0.2, 0.25) is 0 Å². The highest BCUT2D eigenvalue weighted by Gasteiger charge is 2.27. The van der Waals surface area contributed by atoms with Crippen molar-refractivity contribution in [2.24, 2.45) is 5.10 Å². The number of hydrazone groups is 1. The Labute approximate surface area is 238 Å². The van der Waals surface area contributed by atoms with E-state index in [1.54, 1.807) is 54.6 Å². The Morgan fingerprint density at radius 2 is 1.54 bits per heavy atom. The van der Waals surface area contributed by atoms with Gasteiger partial charge in [0.05, 0.1) is 27.5 Å². The number of hydrogen-bond acceptors (Lipinski definition) is 4. The van der Waals surface area contributed by atoms with Gasteiger partial charge in [0.1, 0.15) is 6.54 Å². The summed E-state index contributed by atoms with van der Waals surface area (Å²) in [5.74, 6) is -0.589. The molecule has 1 aromatic heterocycles. The van der Waals surface area contributed by atoms with Gasteiger partial charge in [-0.3, -0.25) is 9.10 Å². The van der Waals surface area contributed by atoms with Gasteiger partial charge in [0, 0.05) is 22.0 Å². The minimum absolute atomic E-state index is 0.0945. The summed E-state index contributed by atoms with van der Waals surface area (Å²) in [5, 5.41) is 5.20. The van der Waals surface area contributed by atoms with Gasteiger partial charge in [-0.25, -0.2) is 13.8 Å². The van der Waals surface area contributed by atoms with E-state index < -0.39 is 22.5 Å². The number of carbonyl (C=O) groups excluding carboxylic acids is 1. The second-order valence-corrected chi connectivity index (χ2v) is 11.9. The summed E-state index contributed by atoms with van der Waals surface area (Å²) < 4.78 is 30.1. The largest absolute Gasteiger partial charge is 0.316 e. The minimum atomic E-state index is -4.01. The third-order valence-corrected chi connectivity index (χ3v) is 8.57. The summed E-state index contributed by atoms with van der Waals surface area (Å²) in [5.41, 5.74) is 7.97. The summed E-state index contributed by atoms with van der Waals surface area (Å²) in [7, 11) is -4.01. The quantitative estimate of drug-likeness (QED) is 0.194. The van der Waals surface area contributed by atoms with Crippen LogP contribution in [0.2, 0.25) is 10.0 Å². The van der Waals surface area contributed by atoms with Crippen LogP contribution in [-0.4, -0.2) is 31.7 Å². The number of carbonyl (C=O) groups is 1. The lowest BCUT2D eigenvalue weighted by Gasteiger charge is -2.24. The summed E-state index contributed by atoms with van der Waals surface area (Å²) in [6.45, 7) is 7.16. The highest BCUT2D eigenvalue weighted by atomic mass is 35.5. The molecule has 0 saturated heterocycles. The van der Waals surface area contributed by atoms with E-state index >= 15 is 0 Å². The van der Waals surface area contributed by atoms with E-state index in [0.717, 1.165) is 38.1 Å². The van der Waals surface area contributed by atoms with Crippen molar-refractivity contribution in [3.63, 3.8) is 0 Å². The molecule has 0 aliphatic carbocycles. The smallest absolute Gasteiger partial charge is 0.264 e. The predicted molar refractivity (Wildman–Crippen MR) is 158 cm³/mol. The Balaban J connectivity index is 1.56. The molecule has 0 atom stereocenters. The molecule has 4 aromatic rings. The average molecular weight is 584 g/mol. The maximum Gasteiger partial charge on any atom is 0.264 e. The molecule has 0 aliphatic rings. The summed E-state index contributed by atoms with van der Waals surface area (Å²) in [6, 6.07) is 20.6. The zero-order valence-electron chi connectivity index (χ0n) is 21.9. The van der Waals surface area contributed by atoms with Crippen LogP contribution in [0.25, 0.3) is 5.69 Å². The lowest BCUT2D eigenvalue weighted by atomic mass is 10.2. The van der Waals surface area contributed by atoms with Crippen LogP contribution in [0.4, 0.5) is 5.69 Å². The average Bonchev–Trinajstić information content (AvgIpc) is 3.17. The molecule has 0 fully saturated rings. The van der Waals surface area contributed by atoms with Crippen LogP contribution >= 0.6 is 23.2 Å². The van der Waals surface area contributed by atoms with Gasteiger partial charge in [-0.2, -0.15) is 5.10 Å². The van der Waals surface area contributed by atoms with Gasteiger partial charge in [-0.05, 0) is 76.2 Å². The molecule has 39 heavy (non-hydrogen) atoms. The van der Waals surface area contributed by atoms with Crippen LogP contribution < -0.4 is 9.73 Å². The molecule has 0 radical (unpaired) electrons. The van der Waals surface area contributed by atoms with Crippen molar-refractivity contribution >= 4 is 51.0 Å². The third kappa shape index (κ3) is 6.36. The first-order chi connectivity index (χ1) is 18.5. The first kappa shape index (κ1) is 28.4. The normalized spacial score (nSPS) is 11.6. The van der Waals surface area contributed by atoms with Crippen LogP contribution in [0.5, 0.6) is 0 Å². The van der Waals surface area contributed by atoms with E-state index in [2.05, 4.69) is 10.5 Å². The number of aryl methyl sites for hydroxylation is 3. The maximum absolute atomic E-state index is 13.5. The van der Waals surface area contributed by atoms with Crippen molar-refractivity contribution in [1.82, 2.24) is 9.99 Å². The van der Waals surface area contributed by atoms with Crippen molar-refractivity contribution in [3.05, 3.63) is 111 Å². The van der Waals surface area contributed by atoms with Crippen molar-refractivity contribution in [2.75, 3.05) is 10.8 Å². The molecule has 1 amide bonds. The monoisotopic (exact) mass is 582 g/mol. The lowest BCUT2D eigenvalue weighted by Crippen LogP contribution is -2.39. The van der Waals surface area contributed by atoms with Crippen molar-refractivity contribution in [3.8, 4) is 5.69 Å². The Morgan fingerprint density at radius 1 is 0.923 bits per heavy atom. The molecule has 1 heterocycles. The van der Waals surface area contributed by atoms with Gasteiger partial charge in [0.25, 0.3) is 15.9 Å². The fourth-order valence-electron chi connectivity index (χ4n) is 4.15. The number of hydrogen-bond donors (Lipinski definition) is 1. The van der Waals surface area contributed by atoms with Gasteiger partial charge in [0.15, 0.2) is 0 Å². The van der Waals surface area contributed by atoms with Crippen molar-refractivity contribution in [2.45, 2.75) is 32.6 Å². The number of anilines is 1. The SMILES string of the molecule is Cc1ccc(N(CC(=O)N/N=C\c2cc(C)n(-c3cc(Cl)ccc3Cl)c2C)S(=O)(=O)c2ccc(C)cc2)cc1. The Bertz CT molecular complexity index is 1650. The second-order valence-electron chi connectivity index (χ2n) is 9.21. The molecule has 3 aromatic carbocycles. The lowest BCUT2D eigenvalue weighted by molar-refractivity contribution is -0.119. The topological polar surface area (TPSA) is 83.8 Å². The number of rotatable bonds is 8. The molecule has 0 unspecified atom stereocenters. The summed E-state index contributed by atoms with van der Waals surface area (Å²) >= 11 is 12.6. The molecule has 202 valence electrons. The number of sulfonamides is 1. The molecule has 7 nitrogen and oxygen atoms in total. The van der Waals surface area contributed by atoms with Crippen LogP contribution in [0.1, 0.15) is 28.1 Å². The fraction of sp³-hybridized carbons (Fsp3) is 0.172. The summed E-state index contributed by atoms with van der Waals surface area (Å²) in [6.07, 6.45) is 1.51. The van der Waals surface area contributed by atoms with Gasteiger partial charge in [-0.15, -0.1) is 0 Å². The van der Waals surface area contributed by atoms with Crippen LogP contribution in [0.3, 0.4) is 0 Å². The molecule has 0 aliphatic heterocycles. The second kappa shape index (κ2) is 11.7. The third-order valence-electron chi connectivity index (χ3n) is 6.23. The van der Waals surface area contributed by atoms with Crippen LogP contribution in [0, 0.1) is 27.7 Å². The number of benzene rings is 3. The molecular formula is C29H28Cl2N4O3S. The highest BCUT2D eigenvalue weighted by molar-refractivity contribution is 7.92. The molecule has 4 rings (SSSR count).